The molecule has 0 saturated heterocycles. The molecule has 0 aliphatic carbocycles. The molecule has 0 amide bonds. The van der Waals surface area contributed by atoms with E-state index in [1.54, 1.807) is 0 Å². The first kappa shape index (κ1) is 25.3. The van der Waals surface area contributed by atoms with Gasteiger partial charge in [0.15, 0.2) is 0 Å². The molecule has 1 aliphatic heterocycles. The molecule has 1 unspecified atom stereocenters. The fourth-order valence-corrected chi connectivity index (χ4v) is 3.53. The van der Waals surface area contributed by atoms with Gasteiger partial charge in [-0.1, -0.05) is 0 Å². The lowest BCUT2D eigenvalue weighted by atomic mass is 9.97. The number of ether oxygens (including phenoxy) is 1. The quantitative estimate of drug-likeness (QED) is 0.439. The van der Waals surface area contributed by atoms with Crippen molar-refractivity contribution in [2.75, 3.05) is 0 Å². The monoisotopic (exact) mass is 490 g/mol. The summed E-state index contributed by atoms with van der Waals surface area (Å²) in [6.45, 7) is 2.67. The largest absolute Gasteiger partial charge is 0.460 e. The Bertz CT molecular complexity index is 967. The first-order valence-electron chi connectivity index (χ1n) is 8.16. The standard InChI is InChI=1S/C15H15F9N2O4S/c1-11(2)5-9(4-10(29-11)8-6-25-26(3)7-8)30-31(27,28)15(23,24)13(18,19)12(16,17)14(20,21)22/h4,6-7,10H,5H2,1-3H3. The minimum Gasteiger partial charge on any atom is -0.383 e. The first-order valence-corrected chi connectivity index (χ1v) is 9.57. The Kier molecular flexibility index (Phi) is 5.94. The molecule has 0 saturated carbocycles. The number of hydrogen-bond donors (Lipinski definition) is 0. The summed E-state index contributed by atoms with van der Waals surface area (Å²) in [6.07, 6.45) is -5.56. The topological polar surface area (TPSA) is 70.4 Å². The Morgan fingerprint density at radius 2 is 1.65 bits per heavy atom. The molecule has 0 aromatic carbocycles. The Hall–Kier alpha value is -1.97. The van der Waals surface area contributed by atoms with Gasteiger partial charge in [0, 0.05) is 25.2 Å². The molecular formula is C15H15F9N2O4S. The van der Waals surface area contributed by atoms with Crippen LogP contribution in [0.25, 0.3) is 0 Å². The second kappa shape index (κ2) is 7.28. The lowest BCUT2D eigenvalue weighted by Crippen LogP contribution is -2.63. The third-order valence-electron chi connectivity index (χ3n) is 4.08. The highest BCUT2D eigenvalue weighted by molar-refractivity contribution is 7.88. The number of aromatic nitrogens is 2. The summed E-state index contributed by atoms with van der Waals surface area (Å²) in [6, 6.07) is 0. The summed E-state index contributed by atoms with van der Waals surface area (Å²) in [5.74, 6) is -15.7. The van der Waals surface area contributed by atoms with Gasteiger partial charge in [-0.25, -0.2) is 0 Å². The number of hydrogen-bond acceptors (Lipinski definition) is 5. The molecule has 0 spiro atoms. The second-order valence-electron chi connectivity index (χ2n) is 7.26. The van der Waals surface area contributed by atoms with Crippen molar-refractivity contribution < 1.29 is 56.9 Å². The van der Waals surface area contributed by atoms with Crippen molar-refractivity contribution in [3.63, 3.8) is 0 Å². The predicted octanol–water partition coefficient (Wildman–Crippen LogP) is 4.32. The molecule has 0 radical (unpaired) electrons. The highest BCUT2D eigenvalue weighted by Crippen LogP contribution is 2.55. The fourth-order valence-electron chi connectivity index (χ4n) is 2.59. The van der Waals surface area contributed by atoms with E-state index in [4.69, 9.17) is 4.74 Å². The third-order valence-corrected chi connectivity index (χ3v) is 5.40. The van der Waals surface area contributed by atoms with Crippen LogP contribution in [0.3, 0.4) is 0 Å². The van der Waals surface area contributed by atoms with Crippen molar-refractivity contribution in [1.29, 1.82) is 0 Å². The summed E-state index contributed by atoms with van der Waals surface area (Å²) >= 11 is 0. The number of nitrogens with zero attached hydrogens (tertiary/aromatic N) is 2. The molecule has 0 bridgehead atoms. The van der Waals surface area contributed by atoms with E-state index in [9.17, 15) is 47.9 Å². The molecule has 2 heterocycles. The summed E-state index contributed by atoms with van der Waals surface area (Å²) in [4.78, 5) is 0. The van der Waals surface area contributed by atoms with Crippen molar-refractivity contribution in [3.8, 4) is 0 Å². The molecule has 0 fully saturated rings. The van der Waals surface area contributed by atoms with Crippen LogP contribution in [-0.2, 0) is 26.1 Å². The molecule has 1 aliphatic rings. The van der Waals surface area contributed by atoms with E-state index in [2.05, 4.69) is 9.28 Å². The molecule has 1 atom stereocenters. The molecule has 1 aromatic rings. The normalized spacial score (nSPS) is 21.0. The van der Waals surface area contributed by atoms with Gasteiger partial charge in [0.05, 0.1) is 11.8 Å². The maximum absolute atomic E-state index is 13.9. The third kappa shape index (κ3) is 4.36. The number of alkyl halides is 9. The van der Waals surface area contributed by atoms with Crippen LogP contribution in [0.1, 0.15) is 31.9 Å². The van der Waals surface area contributed by atoms with Gasteiger partial charge in [-0.15, -0.1) is 0 Å². The average Bonchev–Trinajstić information content (AvgIpc) is 2.97. The van der Waals surface area contributed by atoms with Gasteiger partial charge >= 0.3 is 33.4 Å². The van der Waals surface area contributed by atoms with Crippen LogP contribution in [0.15, 0.2) is 24.2 Å². The number of rotatable bonds is 6. The van der Waals surface area contributed by atoms with Crippen molar-refractivity contribution in [1.82, 2.24) is 9.78 Å². The zero-order valence-electron chi connectivity index (χ0n) is 15.9. The SMILES string of the molecule is Cn1cc(C2C=C(OS(=O)(=O)C(F)(F)C(F)(F)C(F)(F)C(F)(F)F)CC(C)(C)O2)cn1. The first-order chi connectivity index (χ1) is 13.6. The molecule has 0 N–H and O–H groups in total. The van der Waals surface area contributed by atoms with Crippen molar-refractivity contribution in [2.45, 2.75) is 55.2 Å². The maximum atomic E-state index is 13.9. The van der Waals surface area contributed by atoms with Crippen LogP contribution in [0, 0.1) is 0 Å². The molecule has 31 heavy (non-hydrogen) atoms. The van der Waals surface area contributed by atoms with Crippen molar-refractivity contribution in [2.24, 2.45) is 7.05 Å². The lowest BCUT2D eigenvalue weighted by molar-refractivity contribution is -0.382. The molecule has 16 heteroatoms. The highest BCUT2D eigenvalue weighted by Gasteiger charge is 2.86. The number of aryl methyl sites for hydroxylation is 1. The van der Waals surface area contributed by atoms with Crippen LogP contribution < -0.4 is 0 Å². The van der Waals surface area contributed by atoms with Crippen LogP contribution in [0.5, 0.6) is 0 Å². The zero-order chi connectivity index (χ0) is 24.3. The number of halogens is 9. The molecule has 2 rings (SSSR count). The van der Waals surface area contributed by atoms with Gasteiger partial charge < -0.3 is 8.92 Å². The van der Waals surface area contributed by atoms with Gasteiger partial charge in [-0.3, -0.25) is 4.68 Å². The van der Waals surface area contributed by atoms with Crippen molar-refractivity contribution in [3.05, 3.63) is 29.8 Å². The van der Waals surface area contributed by atoms with Crippen LogP contribution in [-0.4, -0.2) is 47.1 Å². The lowest BCUT2D eigenvalue weighted by Gasteiger charge is -2.36. The average molecular weight is 490 g/mol. The van der Waals surface area contributed by atoms with Crippen LogP contribution in [0.4, 0.5) is 39.5 Å². The van der Waals surface area contributed by atoms with E-state index >= 15 is 0 Å². The summed E-state index contributed by atoms with van der Waals surface area (Å²) in [5.41, 5.74) is -1.07. The Labute approximate surface area is 169 Å². The summed E-state index contributed by atoms with van der Waals surface area (Å²) < 4.78 is 152. The predicted molar refractivity (Wildman–Crippen MR) is 84.7 cm³/mol. The van der Waals surface area contributed by atoms with E-state index in [1.165, 1.54) is 38.0 Å². The van der Waals surface area contributed by atoms with Crippen LogP contribution >= 0.6 is 0 Å². The Morgan fingerprint density at radius 1 is 1.10 bits per heavy atom. The van der Waals surface area contributed by atoms with Gasteiger partial charge in [-0.05, 0) is 19.9 Å². The van der Waals surface area contributed by atoms with E-state index in [0.29, 0.717) is 0 Å². The Balaban J connectivity index is 2.44. The van der Waals surface area contributed by atoms with Gasteiger partial charge in [0.2, 0.25) is 0 Å². The minimum atomic E-state index is -7.37. The van der Waals surface area contributed by atoms with Crippen molar-refractivity contribution >= 4 is 10.1 Å². The van der Waals surface area contributed by atoms with E-state index in [-0.39, 0.29) is 5.56 Å². The van der Waals surface area contributed by atoms with Crippen LogP contribution in [0.2, 0.25) is 0 Å². The van der Waals surface area contributed by atoms with E-state index < -0.39 is 57.3 Å². The molecule has 1 aromatic heterocycles. The fraction of sp³-hybridized carbons (Fsp3) is 0.667. The Morgan fingerprint density at radius 3 is 2.10 bits per heavy atom. The summed E-state index contributed by atoms with van der Waals surface area (Å²) in [7, 11) is -5.53. The van der Waals surface area contributed by atoms with Gasteiger partial charge in [0.25, 0.3) is 0 Å². The molecule has 6 nitrogen and oxygen atoms in total. The maximum Gasteiger partial charge on any atom is 0.460 e. The summed E-state index contributed by atoms with van der Waals surface area (Å²) in [5, 5.41) is -3.14. The van der Waals surface area contributed by atoms with Gasteiger partial charge in [0.1, 0.15) is 11.9 Å². The minimum absolute atomic E-state index is 0.259. The molecule has 178 valence electrons. The molecular weight excluding hydrogens is 475 g/mol. The second-order valence-corrected chi connectivity index (χ2v) is 8.84. The van der Waals surface area contributed by atoms with E-state index in [1.807, 2.05) is 0 Å². The zero-order valence-corrected chi connectivity index (χ0v) is 16.7. The highest BCUT2D eigenvalue weighted by atomic mass is 32.2. The van der Waals surface area contributed by atoms with Gasteiger partial charge in [-0.2, -0.15) is 53.0 Å². The van der Waals surface area contributed by atoms with E-state index in [0.717, 1.165) is 6.08 Å². The smallest absolute Gasteiger partial charge is 0.383 e.